The average molecular weight is 308 g/mol. The number of aromatic nitrogens is 1. The van der Waals surface area contributed by atoms with Gasteiger partial charge in [0.2, 0.25) is 0 Å². The number of fused-ring (bicyclic) bond motifs is 1. The molecule has 2 nitrogen and oxygen atoms in total. The maximum absolute atomic E-state index is 13.6. The van der Waals surface area contributed by atoms with Crippen molar-refractivity contribution < 1.29 is 9.13 Å². The Hall–Kier alpha value is -1.84. The van der Waals surface area contributed by atoms with Crippen molar-refractivity contribution in [1.82, 2.24) is 4.98 Å². The van der Waals surface area contributed by atoms with E-state index in [1.807, 2.05) is 0 Å². The number of ether oxygens (including phenoxy) is 1. The van der Waals surface area contributed by atoms with Gasteiger partial charge < -0.3 is 4.74 Å². The lowest BCUT2D eigenvalue weighted by Gasteiger charge is -2.10. The highest BCUT2D eigenvalue weighted by Crippen LogP contribution is 2.36. The number of para-hydroxylation sites is 1. The molecular formula is C15H8Cl2FNO. The van der Waals surface area contributed by atoms with Gasteiger partial charge in [-0.25, -0.2) is 4.39 Å². The topological polar surface area (TPSA) is 22.1 Å². The lowest BCUT2D eigenvalue weighted by molar-refractivity contribution is 0.446. The molecule has 0 aliphatic heterocycles. The van der Waals surface area contributed by atoms with E-state index in [0.29, 0.717) is 26.7 Å². The normalized spacial score (nSPS) is 10.8. The third-order valence-electron chi connectivity index (χ3n) is 2.78. The van der Waals surface area contributed by atoms with E-state index < -0.39 is 5.82 Å². The molecule has 0 bridgehead atoms. The van der Waals surface area contributed by atoms with Crippen molar-refractivity contribution in [2.45, 2.75) is 0 Å². The second-order valence-corrected chi connectivity index (χ2v) is 4.97. The Morgan fingerprint density at radius 3 is 2.60 bits per heavy atom. The van der Waals surface area contributed by atoms with E-state index in [9.17, 15) is 4.39 Å². The molecular weight excluding hydrogens is 300 g/mol. The summed E-state index contributed by atoms with van der Waals surface area (Å²) < 4.78 is 19.2. The van der Waals surface area contributed by atoms with Crippen LogP contribution in [0.5, 0.6) is 11.5 Å². The summed E-state index contributed by atoms with van der Waals surface area (Å²) in [5, 5.41) is 1.49. The summed E-state index contributed by atoms with van der Waals surface area (Å²) >= 11 is 12.1. The van der Waals surface area contributed by atoms with E-state index in [2.05, 4.69) is 4.98 Å². The van der Waals surface area contributed by atoms with Crippen LogP contribution in [-0.4, -0.2) is 4.98 Å². The maximum Gasteiger partial charge on any atom is 0.165 e. The maximum atomic E-state index is 13.6. The molecule has 0 unspecified atom stereocenters. The fourth-order valence-corrected chi connectivity index (χ4v) is 2.48. The van der Waals surface area contributed by atoms with Crippen LogP contribution in [0.3, 0.4) is 0 Å². The van der Waals surface area contributed by atoms with Gasteiger partial charge in [0.25, 0.3) is 0 Å². The summed E-state index contributed by atoms with van der Waals surface area (Å²) in [5.41, 5.74) is 0.594. The highest BCUT2D eigenvalue weighted by molar-refractivity contribution is 6.39. The molecule has 0 radical (unpaired) electrons. The quantitative estimate of drug-likeness (QED) is 0.626. The largest absolute Gasteiger partial charge is 0.453 e. The second kappa shape index (κ2) is 5.27. The van der Waals surface area contributed by atoms with Crippen LogP contribution >= 0.6 is 23.2 Å². The average Bonchev–Trinajstić information content (AvgIpc) is 2.41. The lowest BCUT2D eigenvalue weighted by Crippen LogP contribution is -1.91. The van der Waals surface area contributed by atoms with E-state index in [1.165, 1.54) is 6.07 Å². The molecule has 1 aromatic heterocycles. The Kier molecular flexibility index (Phi) is 3.47. The Morgan fingerprint density at radius 2 is 1.80 bits per heavy atom. The minimum absolute atomic E-state index is 0.131. The molecule has 2 aromatic carbocycles. The van der Waals surface area contributed by atoms with Gasteiger partial charge in [-0.15, -0.1) is 0 Å². The van der Waals surface area contributed by atoms with Gasteiger partial charge in [0, 0.05) is 11.2 Å². The predicted molar refractivity (Wildman–Crippen MR) is 78.2 cm³/mol. The summed E-state index contributed by atoms with van der Waals surface area (Å²) in [4.78, 5) is 4.18. The summed E-state index contributed by atoms with van der Waals surface area (Å²) in [6.45, 7) is 0. The summed E-state index contributed by atoms with van der Waals surface area (Å²) in [7, 11) is 0. The molecule has 0 fully saturated rings. The van der Waals surface area contributed by atoms with Crippen molar-refractivity contribution in [2.24, 2.45) is 0 Å². The Labute approximate surface area is 124 Å². The summed E-state index contributed by atoms with van der Waals surface area (Å²) in [6, 6.07) is 11.1. The van der Waals surface area contributed by atoms with Crippen LogP contribution in [0.2, 0.25) is 10.0 Å². The van der Waals surface area contributed by atoms with E-state index >= 15 is 0 Å². The first-order chi connectivity index (χ1) is 9.65. The van der Waals surface area contributed by atoms with Gasteiger partial charge in [0.05, 0.1) is 15.9 Å². The first-order valence-electron chi connectivity index (χ1n) is 5.81. The SMILES string of the molecule is Fc1ccccc1Oc1ccnc2cc(Cl)cc(Cl)c12. The number of benzene rings is 2. The van der Waals surface area contributed by atoms with Crippen molar-refractivity contribution >= 4 is 34.1 Å². The molecule has 3 aromatic rings. The molecule has 20 heavy (non-hydrogen) atoms. The van der Waals surface area contributed by atoms with Gasteiger partial charge in [-0.1, -0.05) is 35.3 Å². The van der Waals surface area contributed by atoms with Crippen LogP contribution in [0, 0.1) is 5.82 Å². The van der Waals surface area contributed by atoms with Crippen molar-refractivity contribution in [3.05, 3.63) is 64.5 Å². The summed E-state index contributed by atoms with van der Waals surface area (Å²) in [6.07, 6.45) is 1.56. The Morgan fingerprint density at radius 1 is 1.00 bits per heavy atom. The molecule has 0 saturated carbocycles. The van der Waals surface area contributed by atoms with Crippen LogP contribution in [0.4, 0.5) is 4.39 Å². The zero-order valence-electron chi connectivity index (χ0n) is 10.1. The molecule has 1 heterocycles. The van der Waals surface area contributed by atoms with Gasteiger partial charge in [0.15, 0.2) is 11.6 Å². The fraction of sp³-hybridized carbons (Fsp3) is 0. The minimum atomic E-state index is -0.442. The molecule has 0 aliphatic rings. The highest BCUT2D eigenvalue weighted by atomic mass is 35.5. The van der Waals surface area contributed by atoms with Crippen LogP contribution < -0.4 is 4.74 Å². The van der Waals surface area contributed by atoms with Crippen molar-refractivity contribution in [3.63, 3.8) is 0 Å². The number of hydrogen-bond acceptors (Lipinski definition) is 2. The third kappa shape index (κ3) is 2.42. The molecule has 0 N–H and O–H groups in total. The first kappa shape index (κ1) is 13.2. The highest BCUT2D eigenvalue weighted by Gasteiger charge is 2.11. The van der Waals surface area contributed by atoms with E-state index in [0.717, 1.165) is 0 Å². The third-order valence-corrected chi connectivity index (χ3v) is 3.29. The molecule has 0 atom stereocenters. The van der Waals surface area contributed by atoms with Gasteiger partial charge >= 0.3 is 0 Å². The fourth-order valence-electron chi connectivity index (χ4n) is 1.91. The molecule has 0 spiro atoms. The van der Waals surface area contributed by atoms with Gasteiger partial charge in [-0.3, -0.25) is 4.98 Å². The smallest absolute Gasteiger partial charge is 0.165 e. The molecule has 100 valence electrons. The first-order valence-corrected chi connectivity index (χ1v) is 6.57. The van der Waals surface area contributed by atoms with Crippen LogP contribution in [0.1, 0.15) is 0 Å². The molecule has 0 amide bonds. The van der Waals surface area contributed by atoms with Crippen LogP contribution in [0.15, 0.2) is 48.7 Å². The van der Waals surface area contributed by atoms with Gasteiger partial charge in [0.1, 0.15) is 5.75 Å². The van der Waals surface area contributed by atoms with Crippen LogP contribution in [0.25, 0.3) is 10.9 Å². The number of pyridine rings is 1. The van der Waals surface area contributed by atoms with Crippen LogP contribution in [-0.2, 0) is 0 Å². The Balaban J connectivity index is 2.15. The number of hydrogen-bond donors (Lipinski definition) is 0. The van der Waals surface area contributed by atoms with E-state index in [1.54, 1.807) is 42.6 Å². The van der Waals surface area contributed by atoms with E-state index in [-0.39, 0.29) is 5.75 Å². The minimum Gasteiger partial charge on any atom is -0.453 e. The monoisotopic (exact) mass is 307 g/mol. The second-order valence-electron chi connectivity index (χ2n) is 4.12. The zero-order valence-corrected chi connectivity index (χ0v) is 11.6. The molecule has 0 aliphatic carbocycles. The Bertz CT molecular complexity index is 792. The standard InChI is InChI=1S/C15H8Cl2FNO/c16-9-7-10(17)15-12(8-9)19-6-5-14(15)20-13-4-2-1-3-11(13)18/h1-8H. The predicted octanol–water partition coefficient (Wildman–Crippen LogP) is 5.47. The van der Waals surface area contributed by atoms with Crippen molar-refractivity contribution in [3.8, 4) is 11.5 Å². The van der Waals surface area contributed by atoms with Crippen molar-refractivity contribution in [1.29, 1.82) is 0 Å². The number of halogens is 3. The molecule has 5 heteroatoms. The van der Waals surface area contributed by atoms with Crippen molar-refractivity contribution in [2.75, 3.05) is 0 Å². The number of rotatable bonds is 2. The van der Waals surface area contributed by atoms with E-state index in [4.69, 9.17) is 27.9 Å². The molecule has 3 rings (SSSR count). The summed E-state index contributed by atoms with van der Waals surface area (Å²) in [5.74, 6) is 0.121. The zero-order chi connectivity index (χ0) is 14.1. The number of nitrogens with zero attached hydrogens (tertiary/aromatic N) is 1. The van der Waals surface area contributed by atoms with Gasteiger partial charge in [-0.2, -0.15) is 0 Å². The lowest BCUT2D eigenvalue weighted by atomic mass is 10.2. The molecule has 0 saturated heterocycles. The van der Waals surface area contributed by atoms with Gasteiger partial charge in [-0.05, 0) is 30.3 Å².